The van der Waals surface area contributed by atoms with Crippen LogP contribution >= 0.6 is 0 Å². The van der Waals surface area contributed by atoms with Crippen molar-refractivity contribution >= 4 is 17.9 Å². The van der Waals surface area contributed by atoms with E-state index in [4.69, 9.17) is 14.2 Å². The van der Waals surface area contributed by atoms with Crippen LogP contribution in [0.15, 0.2) is 109 Å². The Morgan fingerprint density at radius 1 is 0.253 bits per heavy atom. The standard InChI is InChI=1S/C77H132O6/c1-4-7-10-13-16-19-22-24-26-28-30-32-34-36-37-38-39-41-42-44-46-48-50-52-55-58-61-64-67-70-76(79)82-73-74(72-81-75(78)69-66-63-60-57-54-21-18-15-12-9-6-3)83-77(80)71-68-65-62-59-56-53-51-49-47-45-43-40-35-33-31-29-27-25-23-20-17-14-11-8-5-2/h7-8,10-11,16-17,19-20,24-27,30-33,40,43,74H,4-6,9,12-15,18,21-23,28-29,34-39,41-42,44-73H2,1-3H3/b10-7-,11-8-,19-16-,20-17-,26-24-,27-25-,32-30-,33-31-,43-40-. The number of rotatable bonds is 64. The van der Waals surface area contributed by atoms with E-state index in [0.29, 0.717) is 19.3 Å². The van der Waals surface area contributed by atoms with E-state index >= 15 is 0 Å². The predicted octanol–water partition coefficient (Wildman–Crippen LogP) is 24.6. The van der Waals surface area contributed by atoms with Crippen LogP contribution < -0.4 is 0 Å². The summed E-state index contributed by atoms with van der Waals surface area (Å²) in [6.45, 7) is 6.44. The zero-order valence-corrected chi connectivity index (χ0v) is 54.7. The molecule has 0 spiro atoms. The first-order valence-electron chi connectivity index (χ1n) is 35.4. The molecule has 0 aliphatic rings. The van der Waals surface area contributed by atoms with E-state index in [2.05, 4.69) is 130 Å². The van der Waals surface area contributed by atoms with Crippen LogP contribution in [0.3, 0.4) is 0 Å². The highest BCUT2D eigenvalue weighted by molar-refractivity contribution is 5.71. The van der Waals surface area contributed by atoms with Gasteiger partial charge in [-0.15, -0.1) is 0 Å². The van der Waals surface area contributed by atoms with Gasteiger partial charge in [-0.25, -0.2) is 0 Å². The van der Waals surface area contributed by atoms with Crippen molar-refractivity contribution in [3.8, 4) is 0 Å². The molecule has 0 saturated heterocycles. The molecular formula is C77H132O6. The second-order valence-corrected chi connectivity index (χ2v) is 23.4. The molecule has 0 radical (unpaired) electrons. The SMILES string of the molecule is CC/C=C\C/C=C\C/C=C\C/C=C\C/C=C\CCCCCCCCCCCC(=O)OC(COC(=O)CCCCCCCCCCCCC)COC(=O)CCCCCCCCCCCCCCCCCC/C=C\C/C=C\C/C=C\C/C=C\CC. The third kappa shape index (κ3) is 68.7. The average molecular weight is 1150 g/mol. The van der Waals surface area contributed by atoms with Gasteiger partial charge >= 0.3 is 17.9 Å². The Hall–Kier alpha value is -3.93. The highest BCUT2D eigenvalue weighted by Gasteiger charge is 2.19. The minimum Gasteiger partial charge on any atom is -0.462 e. The van der Waals surface area contributed by atoms with Gasteiger partial charge in [-0.3, -0.25) is 14.4 Å². The molecule has 1 atom stereocenters. The van der Waals surface area contributed by atoms with Crippen LogP contribution in [0.5, 0.6) is 0 Å². The Morgan fingerprint density at radius 3 is 0.735 bits per heavy atom. The Morgan fingerprint density at radius 2 is 0.470 bits per heavy atom. The fraction of sp³-hybridized carbons (Fsp3) is 0.727. The molecule has 0 saturated carbocycles. The van der Waals surface area contributed by atoms with Crippen LogP contribution in [-0.2, 0) is 28.6 Å². The molecule has 0 aromatic carbocycles. The summed E-state index contributed by atoms with van der Waals surface area (Å²) in [5.74, 6) is -0.868. The van der Waals surface area contributed by atoms with Crippen molar-refractivity contribution in [3.63, 3.8) is 0 Å². The molecule has 0 heterocycles. The number of carbonyl (C=O) groups is 3. The number of unbranched alkanes of at least 4 members (excludes halogenated alkanes) is 35. The molecule has 0 aromatic rings. The maximum absolute atomic E-state index is 12.9. The zero-order chi connectivity index (χ0) is 59.9. The molecule has 0 rings (SSSR count). The highest BCUT2D eigenvalue weighted by Crippen LogP contribution is 2.17. The van der Waals surface area contributed by atoms with Crippen LogP contribution in [0.25, 0.3) is 0 Å². The van der Waals surface area contributed by atoms with Gasteiger partial charge in [-0.1, -0.05) is 329 Å². The minimum absolute atomic E-state index is 0.0766. The molecule has 476 valence electrons. The fourth-order valence-electron chi connectivity index (χ4n) is 10.1. The zero-order valence-electron chi connectivity index (χ0n) is 54.7. The quantitative estimate of drug-likeness (QED) is 0.0261. The van der Waals surface area contributed by atoms with E-state index in [1.165, 1.54) is 180 Å². The summed E-state index contributed by atoms with van der Waals surface area (Å²) >= 11 is 0. The lowest BCUT2D eigenvalue weighted by molar-refractivity contribution is -0.167. The van der Waals surface area contributed by atoms with Crippen molar-refractivity contribution in [2.45, 2.75) is 348 Å². The van der Waals surface area contributed by atoms with Gasteiger partial charge in [0.25, 0.3) is 0 Å². The maximum Gasteiger partial charge on any atom is 0.306 e. The van der Waals surface area contributed by atoms with Crippen molar-refractivity contribution < 1.29 is 28.6 Å². The minimum atomic E-state index is -0.781. The van der Waals surface area contributed by atoms with Gasteiger partial charge in [0, 0.05) is 19.3 Å². The summed E-state index contributed by atoms with van der Waals surface area (Å²) in [7, 11) is 0. The van der Waals surface area contributed by atoms with Gasteiger partial charge in [0.2, 0.25) is 0 Å². The summed E-state index contributed by atoms with van der Waals surface area (Å²) in [6.07, 6.45) is 96.9. The molecule has 1 unspecified atom stereocenters. The van der Waals surface area contributed by atoms with Crippen molar-refractivity contribution in [2.75, 3.05) is 13.2 Å². The summed E-state index contributed by atoms with van der Waals surface area (Å²) < 4.78 is 17.0. The first-order valence-corrected chi connectivity index (χ1v) is 35.4. The van der Waals surface area contributed by atoms with Crippen LogP contribution in [0.2, 0.25) is 0 Å². The fourth-order valence-corrected chi connectivity index (χ4v) is 10.1. The normalized spacial score (nSPS) is 12.8. The third-order valence-electron chi connectivity index (χ3n) is 15.3. The van der Waals surface area contributed by atoms with Crippen molar-refractivity contribution in [1.29, 1.82) is 0 Å². The number of carbonyl (C=O) groups excluding carboxylic acids is 3. The first kappa shape index (κ1) is 79.1. The predicted molar refractivity (Wildman–Crippen MR) is 362 cm³/mol. The van der Waals surface area contributed by atoms with Gasteiger partial charge in [0.05, 0.1) is 0 Å². The average Bonchev–Trinajstić information content (AvgIpc) is 3.48. The first-order chi connectivity index (χ1) is 41.0. The monoisotopic (exact) mass is 1150 g/mol. The Balaban J connectivity index is 4.22. The van der Waals surface area contributed by atoms with Crippen LogP contribution in [0.1, 0.15) is 342 Å². The molecule has 0 bridgehead atoms. The Kier molecular flexibility index (Phi) is 67.2. The lowest BCUT2D eigenvalue weighted by Gasteiger charge is -2.18. The smallest absolute Gasteiger partial charge is 0.306 e. The van der Waals surface area contributed by atoms with Gasteiger partial charge in [-0.05, 0) is 103 Å². The molecular weight excluding hydrogens is 1020 g/mol. The second-order valence-electron chi connectivity index (χ2n) is 23.4. The highest BCUT2D eigenvalue weighted by atomic mass is 16.6. The number of hydrogen-bond donors (Lipinski definition) is 0. The molecule has 0 aliphatic carbocycles. The van der Waals surface area contributed by atoms with E-state index in [1.807, 2.05) is 0 Å². The second kappa shape index (κ2) is 70.6. The molecule has 0 N–H and O–H groups in total. The summed E-state index contributed by atoms with van der Waals surface area (Å²) in [4.78, 5) is 38.4. The van der Waals surface area contributed by atoms with Gasteiger partial charge in [-0.2, -0.15) is 0 Å². The van der Waals surface area contributed by atoms with E-state index in [1.54, 1.807) is 0 Å². The topological polar surface area (TPSA) is 78.9 Å². The van der Waals surface area contributed by atoms with E-state index in [-0.39, 0.29) is 31.1 Å². The molecule has 0 aliphatic heterocycles. The summed E-state index contributed by atoms with van der Waals surface area (Å²) in [5.41, 5.74) is 0. The summed E-state index contributed by atoms with van der Waals surface area (Å²) in [5, 5.41) is 0. The lowest BCUT2D eigenvalue weighted by Crippen LogP contribution is -2.30. The summed E-state index contributed by atoms with van der Waals surface area (Å²) in [6, 6.07) is 0. The Labute approximate surface area is 514 Å². The Bertz CT molecular complexity index is 1660. The number of hydrogen-bond acceptors (Lipinski definition) is 6. The maximum atomic E-state index is 12.9. The van der Waals surface area contributed by atoms with Gasteiger partial charge in [0.1, 0.15) is 13.2 Å². The molecule has 0 amide bonds. The van der Waals surface area contributed by atoms with E-state index < -0.39 is 6.10 Å². The van der Waals surface area contributed by atoms with Crippen LogP contribution in [0, 0.1) is 0 Å². The molecule has 6 nitrogen and oxygen atoms in total. The molecule has 0 aromatic heterocycles. The van der Waals surface area contributed by atoms with Crippen molar-refractivity contribution in [3.05, 3.63) is 109 Å². The lowest BCUT2D eigenvalue weighted by atomic mass is 10.0. The molecule has 6 heteroatoms. The number of allylic oxidation sites excluding steroid dienone is 18. The van der Waals surface area contributed by atoms with Gasteiger partial charge in [0.15, 0.2) is 6.10 Å². The third-order valence-corrected chi connectivity index (χ3v) is 15.3. The van der Waals surface area contributed by atoms with Crippen molar-refractivity contribution in [1.82, 2.24) is 0 Å². The van der Waals surface area contributed by atoms with Crippen LogP contribution in [-0.4, -0.2) is 37.2 Å². The molecule has 83 heavy (non-hydrogen) atoms. The molecule has 0 fully saturated rings. The number of esters is 3. The van der Waals surface area contributed by atoms with Crippen LogP contribution in [0.4, 0.5) is 0 Å². The van der Waals surface area contributed by atoms with E-state index in [9.17, 15) is 14.4 Å². The largest absolute Gasteiger partial charge is 0.462 e. The van der Waals surface area contributed by atoms with E-state index in [0.717, 1.165) is 122 Å². The van der Waals surface area contributed by atoms with Crippen molar-refractivity contribution in [2.24, 2.45) is 0 Å². The van der Waals surface area contributed by atoms with Gasteiger partial charge < -0.3 is 14.2 Å². The number of ether oxygens (including phenoxy) is 3.